The van der Waals surface area contributed by atoms with Gasteiger partial charge in [0, 0.05) is 30.6 Å². The molecule has 0 unspecified atom stereocenters. The lowest BCUT2D eigenvalue weighted by molar-refractivity contribution is 0.149. The van der Waals surface area contributed by atoms with Crippen LogP contribution in [0, 0.1) is 0 Å². The maximum Gasteiger partial charge on any atom is 0.133 e. The number of nitrogens with one attached hydrogen (secondary N) is 1. The summed E-state index contributed by atoms with van der Waals surface area (Å²) in [6.07, 6.45) is 2.77. The van der Waals surface area contributed by atoms with E-state index in [2.05, 4.69) is 22.4 Å². The third kappa shape index (κ3) is 3.59. The Morgan fingerprint density at radius 2 is 2.06 bits per heavy atom. The van der Waals surface area contributed by atoms with Crippen LogP contribution in [0.3, 0.4) is 0 Å². The highest BCUT2D eigenvalue weighted by molar-refractivity contribution is 6.17. The van der Waals surface area contributed by atoms with E-state index in [1.54, 1.807) is 0 Å². The van der Waals surface area contributed by atoms with Gasteiger partial charge >= 0.3 is 0 Å². The van der Waals surface area contributed by atoms with E-state index in [-0.39, 0.29) is 0 Å². The molecule has 2 aromatic rings. The van der Waals surface area contributed by atoms with Gasteiger partial charge in [-0.05, 0) is 17.9 Å². The van der Waals surface area contributed by atoms with E-state index in [0.717, 1.165) is 30.8 Å². The fourth-order valence-corrected chi connectivity index (χ4v) is 1.91. The van der Waals surface area contributed by atoms with Crippen LogP contribution in [0.2, 0.25) is 0 Å². The van der Waals surface area contributed by atoms with Crippen LogP contribution in [0.25, 0.3) is 10.8 Å². The van der Waals surface area contributed by atoms with Crippen LogP contribution in [0.15, 0.2) is 36.5 Å². The van der Waals surface area contributed by atoms with Crippen molar-refractivity contribution in [3.63, 3.8) is 0 Å². The number of halogens is 1. The topological polar surface area (TPSA) is 34.1 Å². The molecule has 96 valence electrons. The number of benzene rings is 1. The van der Waals surface area contributed by atoms with Crippen molar-refractivity contribution in [2.75, 3.05) is 31.0 Å². The molecule has 0 radical (unpaired) electrons. The number of aromatic nitrogens is 1. The minimum absolute atomic E-state index is 0.554. The summed E-state index contributed by atoms with van der Waals surface area (Å²) >= 11 is 5.52. The molecule has 0 fully saturated rings. The van der Waals surface area contributed by atoms with E-state index in [1.807, 2.05) is 24.4 Å². The van der Waals surface area contributed by atoms with E-state index in [1.165, 1.54) is 5.39 Å². The molecule has 18 heavy (non-hydrogen) atoms. The monoisotopic (exact) mass is 264 g/mol. The van der Waals surface area contributed by atoms with Crippen LogP contribution >= 0.6 is 11.6 Å². The molecule has 0 aliphatic heterocycles. The van der Waals surface area contributed by atoms with E-state index in [9.17, 15) is 0 Å². The molecule has 0 saturated carbocycles. The molecule has 1 heterocycles. The quantitative estimate of drug-likeness (QED) is 0.616. The molecule has 1 aromatic heterocycles. The summed E-state index contributed by atoms with van der Waals surface area (Å²) in [5.74, 6) is 1.49. The van der Waals surface area contributed by atoms with Crippen molar-refractivity contribution >= 4 is 28.2 Å². The molecule has 0 aliphatic carbocycles. The minimum atomic E-state index is 0.554. The van der Waals surface area contributed by atoms with Gasteiger partial charge in [-0.25, -0.2) is 4.98 Å². The zero-order valence-corrected chi connectivity index (χ0v) is 11.0. The number of fused-ring (bicyclic) bond motifs is 1. The smallest absolute Gasteiger partial charge is 0.133 e. The molecule has 4 heteroatoms. The number of ether oxygens (including phenoxy) is 1. The molecule has 0 bridgehead atoms. The second kappa shape index (κ2) is 7.19. The number of pyridine rings is 1. The summed E-state index contributed by atoms with van der Waals surface area (Å²) in [5.41, 5.74) is 0. The number of alkyl halides is 1. The lowest BCUT2D eigenvalue weighted by atomic mass is 10.1. The van der Waals surface area contributed by atoms with Crippen LogP contribution in [-0.4, -0.2) is 30.6 Å². The summed E-state index contributed by atoms with van der Waals surface area (Å²) in [7, 11) is 0. The zero-order valence-electron chi connectivity index (χ0n) is 10.2. The minimum Gasteiger partial charge on any atom is -0.380 e. The second-order valence-electron chi connectivity index (χ2n) is 3.96. The number of rotatable bonds is 7. The average Bonchev–Trinajstić information content (AvgIpc) is 2.43. The lowest BCUT2D eigenvalue weighted by Gasteiger charge is -2.08. The van der Waals surface area contributed by atoms with Crippen molar-refractivity contribution in [2.45, 2.75) is 6.42 Å². The van der Waals surface area contributed by atoms with Crippen molar-refractivity contribution in [1.82, 2.24) is 4.98 Å². The Kier molecular flexibility index (Phi) is 5.24. The number of hydrogen-bond acceptors (Lipinski definition) is 3. The standard InChI is InChI=1S/C14H17ClN2O/c15-7-11-18-10-3-8-16-14-13-5-2-1-4-12(13)6-9-17-14/h1-2,4-6,9H,3,7-8,10-11H2,(H,16,17). The molecule has 2 rings (SSSR count). The first-order chi connectivity index (χ1) is 8.92. The van der Waals surface area contributed by atoms with E-state index < -0.39 is 0 Å². The molecule has 0 spiro atoms. The first-order valence-electron chi connectivity index (χ1n) is 6.13. The predicted octanol–water partition coefficient (Wildman–Crippen LogP) is 3.29. The van der Waals surface area contributed by atoms with Gasteiger partial charge in [0.05, 0.1) is 6.61 Å². The summed E-state index contributed by atoms with van der Waals surface area (Å²) in [6, 6.07) is 10.2. The van der Waals surface area contributed by atoms with Gasteiger partial charge in [0.1, 0.15) is 5.82 Å². The van der Waals surface area contributed by atoms with Gasteiger partial charge in [0.25, 0.3) is 0 Å². The fourth-order valence-electron chi connectivity index (χ4n) is 1.80. The Hall–Kier alpha value is -1.32. The highest BCUT2D eigenvalue weighted by Gasteiger charge is 2.00. The summed E-state index contributed by atoms with van der Waals surface area (Å²) in [4.78, 5) is 4.37. The van der Waals surface area contributed by atoms with Crippen molar-refractivity contribution in [3.05, 3.63) is 36.5 Å². The third-order valence-electron chi connectivity index (χ3n) is 2.65. The third-order valence-corrected chi connectivity index (χ3v) is 2.81. The van der Waals surface area contributed by atoms with E-state index >= 15 is 0 Å². The highest BCUT2D eigenvalue weighted by atomic mass is 35.5. The maximum absolute atomic E-state index is 5.52. The molecule has 0 aliphatic rings. The molecular formula is C14H17ClN2O. The van der Waals surface area contributed by atoms with Crippen LogP contribution in [0.5, 0.6) is 0 Å². The van der Waals surface area contributed by atoms with E-state index in [4.69, 9.17) is 16.3 Å². The van der Waals surface area contributed by atoms with E-state index in [0.29, 0.717) is 12.5 Å². The molecule has 0 saturated heterocycles. The molecule has 3 nitrogen and oxygen atoms in total. The van der Waals surface area contributed by atoms with Crippen molar-refractivity contribution in [3.8, 4) is 0 Å². The first kappa shape index (κ1) is 13.1. The number of nitrogens with zero attached hydrogens (tertiary/aromatic N) is 1. The number of anilines is 1. The van der Waals surface area contributed by atoms with Gasteiger partial charge in [0.2, 0.25) is 0 Å². The molecule has 0 atom stereocenters. The van der Waals surface area contributed by atoms with Gasteiger partial charge in [-0.1, -0.05) is 24.3 Å². The first-order valence-corrected chi connectivity index (χ1v) is 6.66. The van der Waals surface area contributed by atoms with Gasteiger partial charge in [-0.15, -0.1) is 11.6 Å². The summed E-state index contributed by atoms with van der Waals surface area (Å²) in [6.45, 7) is 2.20. The molecule has 1 N–H and O–H groups in total. The largest absolute Gasteiger partial charge is 0.380 e. The van der Waals surface area contributed by atoms with Gasteiger partial charge in [-0.3, -0.25) is 0 Å². The Bertz CT molecular complexity index is 485. The maximum atomic E-state index is 5.52. The summed E-state index contributed by atoms with van der Waals surface area (Å²) in [5, 5.41) is 5.70. The second-order valence-corrected chi connectivity index (χ2v) is 4.34. The van der Waals surface area contributed by atoms with Crippen LogP contribution < -0.4 is 5.32 Å². The summed E-state index contributed by atoms with van der Waals surface area (Å²) < 4.78 is 5.32. The SMILES string of the molecule is ClCCOCCCNc1nccc2ccccc12. The predicted molar refractivity (Wildman–Crippen MR) is 76.4 cm³/mol. The van der Waals surface area contributed by atoms with Crippen LogP contribution in [0.1, 0.15) is 6.42 Å². The normalized spacial score (nSPS) is 10.7. The Morgan fingerprint density at radius 1 is 1.17 bits per heavy atom. The Morgan fingerprint density at radius 3 is 2.94 bits per heavy atom. The average molecular weight is 265 g/mol. The fraction of sp³-hybridized carbons (Fsp3) is 0.357. The van der Waals surface area contributed by atoms with Gasteiger partial charge in [0.15, 0.2) is 0 Å². The number of hydrogen-bond donors (Lipinski definition) is 1. The van der Waals surface area contributed by atoms with Crippen molar-refractivity contribution in [2.24, 2.45) is 0 Å². The Balaban J connectivity index is 1.88. The lowest BCUT2D eigenvalue weighted by Crippen LogP contribution is -2.08. The van der Waals surface area contributed by atoms with Crippen LogP contribution in [-0.2, 0) is 4.74 Å². The van der Waals surface area contributed by atoms with Crippen molar-refractivity contribution < 1.29 is 4.74 Å². The molecule has 0 amide bonds. The molecule has 1 aromatic carbocycles. The van der Waals surface area contributed by atoms with Crippen molar-refractivity contribution in [1.29, 1.82) is 0 Å². The highest BCUT2D eigenvalue weighted by Crippen LogP contribution is 2.19. The zero-order chi connectivity index (χ0) is 12.6. The van der Waals surface area contributed by atoms with Gasteiger partial charge < -0.3 is 10.1 Å². The molecular weight excluding hydrogens is 248 g/mol. The Labute approximate surface area is 112 Å². The van der Waals surface area contributed by atoms with Crippen LogP contribution in [0.4, 0.5) is 5.82 Å². The van der Waals surface area contributed by atoms with Gasteiger partial charge in [-0.2, -0.15) is 0 Å².